The van der Waals surface area contributed by atoms with Crippen LogP contribution in [0.1, 0.15) is 18.9 Å². The molecular weight excluding hydrogens is 174 g/mol. The standard InChI is InChI=1S/C12H18NO/c1-11(13-9-10-14)7-8-12-5-3-2-4-6-12/h2-6,10-11,13-14H,7-9H2,1H3/t11-/m1/s1. The van der Waals surface area contributed by atoms with Gasteiger partial charge in [0.05, 0.1) is 6.61 Å². The second-order valence-corrected chi connectivity index (χ2v) is 3.52. The Morgan fingerprint density at radius 1 is 1.36 bits per heavy atom. The summed E-state index contributed by atoms with van der Waals surface area (Å²) in [4.78, 5) is 0. The lowest BCUT2D eigenvalue weighted by molar-refractivity contribution is 0.363. The average molecular weight is 192 g/mol. The molecule has 0 heterocycles. The van der Waals surface area contributed by atoms with Gasteiger partial charge in [0.25, 0.3) is 0 Å². The molecule has 0 spiro atoms. The molecule has 0 bridgehead atoms. The van der Waals surface area contributed by atoms with Gasteiger partial charge in [-0.05, 0) is 25.3 Å². The topological polar surface area (TPSA) is 32.3 Å². The summed E-state index contributed by atoms with van der Waals surface area (Å²) in [5, 5.41) is 11.7. The second kappa shape index (κ2) is 6.57. The molecule has 0 saturated heterocycles. The van der Waals surface area contributed by atoms with Gasteiger partial charge in [-0.15, -0.1) is 0 Å². The molecule has 1 atom stereocenters. The third kappa shape index (κ3) is 4.40. The van der Waals surface area contributed by atoms with Gasteiger partial charge in [-0.1, -0.05) is 30.3 Å². The summed E-state index contributed by atoms with van der Waals surface area (Å²) in [6.07, 6.45) is 2.18. The Morgan fingerprint density at radius 2 is 2.07 bits per heavy atom. The van der Waals surface area contributed by atoms with Crippen molar-refractivity contribution in [2.75, 3.05) is 6.54 Å². The summed E-state index contributed by atoms with van der Waals surface area (Å²) in [5.41, 5.74) is 1.37. The Labute approximate surface area is 86.0 Å². The lowest BCUT2D eigenvalue weighted by Crippen LogP contribution is -2.27. The summed E-state index contributed by atoms with van der Waals surface area (Å²) < 4.78 is 0. The van der Waals surface area contributed by atoms with E-state index in [9.17, 15) is 0 Å². The van der Waals surface area contributed by atoms with Crippen molar-refractivity contribution >= 4 is 0 Å². The van der Waals surface area contributed by atoms with Crippen LogP contribution in [0.2, 0.25) is 0 Å². The third-order valence-corrected chi connectivity index (χ3v) is 2.27. The molecule has 0 unspecified atom stereocenters. The fourth-order valence-corrected chi connectivity index (χ4v) is 1.38. The predicted octanol–water partition coefficient (Wildman–Crippen LogP) is 2.13. The van der Waals surface area contributed by atoms with Crippen LogP contribution in [0, 0.1) is 6.61 Å². The largest absolute Gasteiger partial charge is 0.389 e. The fourth-order valence-electron chi connectivity index (χ4n) is 1.38. The number of nitrogens with one attached hydrogen (secondary N) is 1. The second-order valence-electron chi connectivity index (χ2n) is 3.52. The van der Waals surface area contributed by atoms with Gasteiger partial charge in [-0.3, -0.25) is 0 Å². The van der Waals surface area contributed by atoms with Crippen molar-refractivity contribution in [3.05, 3.63) is 42.5 Å². The minimum atomic E-state index is 0.443. The van der Waals surface area contributed by atoms with Gasteiger partial charge in [0.1, 0.15) is 0 Å². The minimum Gasteiger partial charge on any atom is -0.389 e. The molecule has 1 rings (SSSR count). The number of benzene rings is 1. The van der Waals surface area contributed by atoms with Crippen LogP contribution in [0.4, 0.5) is 0 Å². The van der Waals surface area contributed by atoms with Crippen LogP contribution < -0.4 is 5.32 Å². The lowest BCUT2D eigenvalue weighted by atomic mass is 10.1. The fraction of sp³-hybridized carbons (Fsp3) is 0.417. The SMILES string of the molecule is C[C@H](CCc1ccccc1)NC[CH]O. The first-order chi connectivity index (χ1) is 6.83. The Kier molecular flexibility index (Phi) is 5.27. The Bertz CT molecular complexity index is 235. The van der Waals surface area contributed by atoms with Gasteiger partial charge in [0, 0.05) is 12.6 Å². The molecule has 1 aromatic carbocycles. The average Bonchev–Trinajstić information content (AvgIpc) is 2.25. The summed E-state index contributed by atoms with van der Waals surface area (Å²) in [5.74, 6) is 0. The molecule has 0 aliphatic rings. The van der Waals surface area contributed by atoms with Crippen molar-refractivity contribution in [1.82, 2.24) is 5.32 Å². The first-order valence-corrected chi connectivity index (χ1v) is 5.06. The van der Waals surface area contributed by atoms with Gasteiger partial charge >= 0.3 is 0 Å². The van der Waals surface area contributed by atoms with Crippen LogP contribution in [-0.2, 0) is 6.42 Å². The van der Waals surface area contributed by atoms with Crippen molar-refractivity contribution in [3.8, 4) is 0 Å². The summed E-state index contributed by atoms with van der Waals surface area (Å²) in [6, 6.07) is 10.9. The van der Waals surface area contributed by atoms with E-state index in [-0.39, 0.29) is 0 Å². The summed E-state index contributed by atoms with van der Waals surface area (Å²) in [7, 11) is 0. The van der Waals surface area contributed by atoms with E-state index < -0.39 is 0 Å². The number of aryl methyl sites for hydroxylation is 1. The van der Waals surface area contributed by atoms with E-state index >= 15 is 0 Å². The highest BCUT2D eigenvalue weighted by atomic mass is 16.3. The molecule has 1 radical (unpaired) electrons. The van der Waals surface area contributed by atoms with Crippen LogP contribution in [-0.4, -0.2) is 17.7 Å². The monoisotopic (exact) mass is 192 g/mol. The quantitative estimate of drug-likeness (QED) is 0.723. The van der Waals surface area contributed by atoms with Crippen molar-refractivity contribution in [2.24, 2.45) is 0 Å². The maximum Gasteiger partial charge on any atom is 0.0935 e. The van der Waals surface area contributed by atoms with Gasteiger partial charge in [-0.25, -0.2) is 0 Å². The number of aliphatic hydroxyl groups is 1. The molecule has 0 aliphatic heterocycles. The zero-order valence-electron chi connectivity index (χ0n) is 8.61. The van der Waals surface area contributed by atoms with Crippen molar-refractivity contribution in [2.45, 2.75) is 25.8 Å². The first kappa shape index (κ1) is 11.2. The first-order valence-electron chi connectivity index (χ1n) is 5.06. The molecule has 0 fully saturated rings. The molecule has 77 valence electrons. The van der Waals surface area contributed by atoms with Crippen LogP contribution in [0.15, 0.2) is 30.3 Å². The van der Waals surface area contributed by atoms with Crippen molar-refractivity contribution in [1.29, 1.82) is 0 Å². The Morgan fingerprint density at radius 3 is 2.71 bits per heavy atom. The highest BCUT2D eigenvalue weighted by Gasteiger charge is 2.00. The number of hydrogen-bond donors (Lipinski definition) is 2. The number of aliphatic hydroxyl groups excluding tert-OH is 1. The molecule has 2 heteroatoms. The van der Waals surface area contributed by atoms with E-state index in [1.807, 2.05) is 6.07 Å². The summed E-state index contributed by atoms with van der Waals surface area (Å²) in [6.45, 7) is 3.85. The van der Waals surface area contributed by atoms with Gasteiger partial charge < -0.3 is 10.4 Å². The zero-order chi connectivity index (χ0) is 10.2. The van der Waals surface area contributed by atoms with E-state index in [0.29, 0.717) is 12.6 Å². The van der Waals surface area contributed by atoms with Crippen molar-refractivity contribution in [3.63, 3.8) is 0 Å². The van der Waals surface area contributed by atoms with Crippen molar-refractivity contribution < 1.29 is 5.11 Å². The molecule has 2 nitrogen and oxygen atoms in total. The highest BCUT2D eigenvalue weighted by molar-refractivity contribution is 5.14. The summed E-state index contributed by atoms with van der Waals surface area (Å²) >= 11 is 0. The Balaban J connectivity index is 2.20. The van der Waals surface area contributed by atoms with Crippen LogP contribution >= 0.6 is 0 Å². The lowest BCUT2D eigenvalue weighted by Gasteiger charge is -2.12. The van der Waals surface area contributed by atoms with Gasteiger partial charge in [0.15, 0.2) is 0 Å². The van der Waals surface area contributed by atoms with E-state index in [1.165, 1.54) is 5.56 Å². The van der Waals surface area contributed by atoms with Crippen LogP contribution in [0.3, 0.4) is 0 Å². The molecule has 0 amide bonds. The van der Waals surface area contributed by atoms with E-state index in [0.717, 1.165) is 19.4 Å². The van der Waals surface area contributed by atoms with E-state index in [4.69, 9.17) is 5.11 Å². The maximum atomic E-state index is 8.51. The zero-order valence-corrected chi connectivity index (χ0v) is 8.61. The van der Waals surface area contributed by atoms with E-state index in [2.05, 4.69) is 36.5 Å². The molecule has 1 aromatic rings. The van der Waals surface area contributed by atoms with Gasteiger partial charge in [0.2, 0.25) is 0 Å². The molecule has 0 aromatic heterocycles. The number of rotatable bonds is 6. The maximum absolute atomic E-state index is 8.51. The molecular formula is C12H18NO. The molecule has 0 aliphatic carbocycles. The van der Waals surface area contributed by atoms with Crippen LogP contribution in [0.5, 0.6) is 0 Å². The minimum absolute atomic E-state index is 0.443. The van der Waals surface area contributed by atoms with E-state index in [1.54, 1.807) is 0 Å². The predicted molar refractivity (Wildman–Crippen MR) is 58.5 cm³/mol. The molecule has 0 saturated carbocycles. The van der Waals surface area contributed by atoms with Gasteiger partial charge in [-0.2, -0.15) is 0 Å². The molecule has 2 N–H and O–H groups in total. The number of hydrogen-bond acceptors (Lipinski definition) is 2. The smallest absolute Gasteiger partial charge is 0.0935 e. The normalized spacial score (nSPS) is 12.7. The third-order valence-electron chi connectivity index (χ3n) is 2.27. The van der Waals surface area contributed by atoms with Crippen LogP contribution in [0.25, 0.3) is 0 Å². The molecule has 14 heavy (non-hydrogen) atoms. The Hall–Kier alpha value is -0.860. The highest BCUT2D eigenvalue weighted by Crippen LogP contribution is 2.04.